The Balaban J connectivity index is 2.16. The molecule has 1 aromatic rings. The number of hydrogen-bond donors (Lipinski definition) is 1. The van der Waals surface area contributed by atoms with Crippen LogP contribution >= 0.6 is 0 Å². The van der Waals surface area contributed by atoms with Crippen LogP contribution < -0.4 is 5.32 Å². The van der Waals surface area contributed by atoms with E-state index in [1.807, 2.05) is 0 Å². The fourth-order valence-corrected chi connectivity index (χ4v) is 2.29. The van der Waals surface area contributed by atoms with Gasteiger partial charge in [0.1, 0.15) is 6.33 Å². The van der Waals surface area contributed by atoms with Gasteiger partial charge in [0, 0.05) is 23.8 Å². The van der Waals surface area contributed by atoms with Crippen molar-refractivity contribution < 1.29 is 4.39 Å². The number of halogens is 1. The van der Waals surface area contributed by atoms with Crippen molar-refractivity contribution in [2.45, 2.75) is 31.1 Å². The predicted molar refractivity (Wildman–Crippen MR) is 44.8 cm³/mol. The highest BCUT2D eigenvalue weighted by Crippen LogP contribution is 2.41. The molecule has 0 aromatic carbocycles. The molecular formula is C9H10FN3. The Bertz CT molecular complexity index is 326. The number of fused-ring (bicyclic) bond motifs is 4. The Kier molecular flexibility index (Phi) is 1.41. The molecule has 2 aliphatic rings. The molecule has 1 N–H and O–H groups in total. The number of alkyl halides is 1. The number of hydrogen-bond acceptors (Lipinski definition) is 3. The van der Waals surface area contributed by atoms with E-state index in [-0.39, 0.29) is 12.1 Å². The lowest BCUT2D eigenvalue weighted by Crippen LogP contribution is -2.34. The van der Waals surface area contributed by atoms with E-state index in [0.717, 1.165) is 18.4 Å². The van der Waals surface area contributed by atoms with Gasteiger partial charge in [-0.05, 0) is 12.8 Å². The summed E-state index contributed by atoms with van der Waals surface area (Å²) in [5.41, 5.74) is 1.55. The van der Waals surface area contributed by atoms with E-state index >= 15 is 0 Å². The summed E-state index contributed by atoms with van der Waals surface area (Å²) in [4.78, 5) is 7.95. The van der Waals surface area contributed by atoms with Gasteiger partial charge < -0.3 is 5.32 Å². The van der Waals surface area contributed by atoms with Crippen LogP contribution in [-0.4, -0.2) is 16.0 Å². The monoisotopic (exact) mass is 179 g/mol. The van der Waals surface area contributed by atoms with Crippen molar-refractivity contribution in [1.82, 2.24) is 15.3 Å². The van der Waals surface area contributed by atoms with E-state index in [1.54, 1.807) is 6.20 Å². The third-order valence-corrected chi connectivity index (χ3v) is 2.94. The van der Waals surface area contributed by atoms with Crippen LogP contribution in [0, 0.1) is 0 Å². The molecule has 2 bridgehead atoms. The predicted octanol–water partition coefficient (Wildman–Crippen LogP) is 1.29. The normalized spacial score (nSPS) is 35.9. The lowest BCUT2D eigenvalue weighted by Gasteiger charge is -2.26. The summed E-state index contributed by atoms with van der Waals surface area (Å²) in [5.74, 6) is 0. The fourth-order valence-electron chi connectivity index (χ4n) is 2.29. The van der Waals surface area contributed by atoms with Gasteiger partial charge in [-0.2, -0.15) is 0 Å². The average Bonchev–Trinajstić information content (AvgIpc) is 2.61. The smallest absolute Gasteiger partial charge is 0.158 e. The van der Waals surface area contributed by atoms with Gasteiger partial charge in [-0.3, -0.25) is 0 Å². The summed E-state index contributed by atoms with van der Waals surface area (Å²) in [6.07, 6.45) is 4.12. The minimum absolute atomic E-state index is 0.0209. The summed E-state index contributed by atoms with van der Waals surface area (Å²) in [6, 6.07) is 0.264. The Morgan fingerprint density at radius 1 is 1.46 bits per heavy atom. The summed E-state index contributed by atoms with van der Waals surface area (Å²) < 4.78 is 13.7. The average molecular weight is 179 g/mol. The molecule has 3 heterocycles. The van der Waals surface area contributed by atoms with Crippen LogP contribution in [0.15, 0.2) is 12.5 Å². The number of rotatable bonds is 0. The first-order chi connectivity index (χ1) is 6.36. The second-order valence-corrected chi connectivity index (χ2v) is 3.67. The molecule has 0 spiro atoms. The van der Waals surface area contributed by atoms with Crippen LogP contribution in [0.4, 0.5) is 4.39 Å². The lowest BCUT2D eigenvalue weighted by molar-refractivity contribution is 0.243. The second-order valence-electron chi connectivity index (χ2n) is 3.67. The van der Waals surface area contributed by atoms with Gasteiger partial charge in [-0.1, -0.05) is 0 Å². The van der Waals surface area contributed by atoms with Gasteiger partial charge >= 0.3 is 0 Å². The Labute approximate surface area is 75.4 Å². The number of aromatic nitrogens is 2. The molecule has 1 saturated heterocycles. The van der Waals surface area contributed by atoms with Crippen LogP contribution in [0.2, 0.25) is 0 Å². The van der Waals surface area contributed by atoms with E-state index in [0.29, 0.717) is 5.69 Å². The van der Waals surface area contributed by atoms with Crippen molar-refractivity contribution in [2.75, 3.05) is 0 Å². The highest BCUT2D eigenvalue weighted by molar-refractivity contribution is 5.29. The first-order valence-electron chi connectivity index (χ1n) is 4.56. The largest absolute Gasteiger partial charge is 0.304 e. The highest BCUT2D eigenvalue weighted by atomic mass is 19.1. The van der Waals surface area contributed by atoms with Crippen molar-refractivity contribution in [3.63, 3.8) is 0 Å². The maximum absolute atomic E-state index is 13.7. The molecule has 68 valence electrons. The summed E-state index contributed by atoms with van der Waals surface area (Å²) >= 11 is 0. The van der Waals surface area contributed by atoms with Gasteiger partial charge in [-0.15, -0.1) is 0 Å². The zero-order valence-electron chi connectivity index (χ0n) is 7.07. The summed E-state index contributed by atoms with van der Waals surface area (Å²) in [5, 5.41) is 3.24. The van der Waals surface area contributed by atoms with E-state index < -0.39 is 6.17 Å². The molecule has 0 aliphatic carbocycles. The molecule has 1 fully saturated rings. The molecule has 3 nitrogen and oxygen atoms in total. The Hall–Kier alpha value is -1.03. The SMILES string of the molecule is FC1c2ncncc2C2CCC1N2. The van der Waals surface area contributed by atoms with Crippen LogP contribution in [0.1, 0.15) is 36.3 Å². The van der Waals surface area contributed by atoms with Gasteiger partial charge in [-0.25, -0.2) is 14.4 Å². The standard InChI is InChI=1S/C9H10FN3/c10-8-7-2-1-6(13-7)5-3-11-4-12-9(5)8/h3-4,6-8,13H,1-2H2. The minimum Gasteiger partial charge on any atom is -0.304 e. The molecule has 0 amide bonds. The van der Waals surface area contributed by atoms with Crippen LogP contribution in [0.3, 0.4) is 0 Å². The molecule has 3 unspecified atom stereocenters. The zero-order chi connectivity index (χ0) is 8.84. The Morgan fingerprint density at radius 2 is 2.38 bits per heavy atom. The third-order valence-electron chi connectivity index (χ3n) is 2.94. The minimum atomic E-state index is -0.947. The van der Waals surface area contributed by atoms with Gasteiger partial charge in [0.2, 0.25) is 0 Å². The van der Waals surface area contributed by atoms with Crippen LogP contribution in [0.25, 0.3) is 0 Å². The number of nitrogens with zero attached hydrogens (tertiary/aromatic N) is 2. The highest BCUT2D eigenvalue weighted by Gasteiger charge is 2.40. The molecular weight excluding hydrogens is 169 g/mol. The fraction of sp³-hybridized carbons (Fsp3) is 0.556. The quantitative estimate of drug-likeness (QED) is 0.652. The van der Waals surface area contributed by atoms with Crippen molar-refractivity contribution >= 4 is 0 Å². The molecule has 1 aromatic heterocycles. The van der Waals surface area contributed by atoms with E-state index in [2.05, 4.69) is 15.3 Å². The summed E-state index contributed by atoms with van der Waals surface area (Å²) in [7, 11) is 0. The molecule has 3 rings (SSSR count). The molecule has 4 heteroatoms. The molecule has 0 saturated carbocycles. The molecule has 13 heavy (non-hydrogen) atoms. The maximum atomic E-state index is 13.7. The van der Waals surface area contributed by atoms with Crippen molar-refractivity contribution in [2.24, 2.45) is 0 Å². The van der Waals surface area contributed by atoms with Crippen molar-refractivity contribution in [3.8, 4) is 0 Å². The molecule has 2 aliphatic heterocycles. The Morgan fingerprint density at radius 3 is 3.31 bits per heavy atom. The van der Waals surface area contributed by atoms with Gasteiger partial charge in [0.15, 0.2) is 6.17 Å². The summed E-state index contributed by atoms with van der Waals surface area (Å²) in [6.45, 7) is 0. The van der Waals surface area contributed by atoms with Crippen molar-refractivity contribution in [1.29, 1.82) is 0 Å². The lowest BCUT2D eigenvalue weighted by atomic mass is 10.0. The third kappa shape index (κ3) is 0.920. The van der Waals surface area contributed by atoms with E-state index in [4.69, 9.17) is 0 Å². The van der Waals surface area contributed by atoms with E-state index in [9.17, 15) is 4.39 Å². The second kappa shape index (κ2) is 2.48. The van der Waals surface area contributed by atoms with E-state index in [1.165, 1.54) is 6.33 Å². The van der Waals surface area contributed by atoms with Crippen LogP contribution in [0.5, 0.6) is 0 Å². The van der Waals surface area contributed by atoms with Gasteiger partial charge in [0.05, 0.1) is 5.69 Å². The topological polar surface area (TPSA) is 37.8 Å². The number of nitrogens with one attached hydrogen (secondary N) is 1. The first-order valence-corrected chi connectivity index (χ1v) is 4.56. The first kappa shape index (κ1) is 7.38. The molecule has 3 atom stereocenters. The van der Waals surface area contributed by atoms with Crippen molar-refractivity contribution in [3.05, 3.63) is 23.8 Å². The zero-order valence-corrected chi connectivity index (χ0v) is 7.07. The maximum Gasteiger partial charge on any atom is 0.158 e. The molecule has 0 radical (unpaired) electrons. The van der Waals surface area contributed by atoms with Crippen LogP contribution in [-0.2, 0) is 0 Å². The van der Waals surface area contributed by atoms with Gasteiger partial charge in [0.25, 0.3) is 0 Å².